The van der Waals surface area contributed by atoms with E-state index in [0.717, 1.165) is 0 Å². The predicted molar refractivity (Wildman–Crippen MR) is 150 cm³/mol. The summed E-state index contributed by atoms with van der Waals surface area (Å²) in [5.74, 6) is -1.81. The number of amides is 2. The van der Waals surface area contributed by atoms with Gasteiger partial charge in [-0.25, -0.2) is 4.39 Å². The second kappa shape index (κ2) is 12.7. The SMILES string of the molecule is O=C(Nc1ccc(C(=O)/C=C/c2ccc(F)cc2)cc1)/C(=C/c1ccc([N+](=O)[O-])cc1)NC(=O)c1ccccc1. The normalized spacial score (nSPS) is 11.2. The van der Waals surface area contributed by atoms with Crippen molar-refractivity contribution in [2.75, 3.05) is 5.32 Å². The van der Waals surface area contributed by atoms with Crippen molar-refractivity contribution in [2.24, 2.45) is 0 Å². The van der Waals surface area contributed by atoms with Gasteiger partial charge < -0.3 is 10.6 Å². The zero-order chi connectivity index (χ0) is 28.5. The van der Waals surface area contributed by atoms with Gasteiger partial charge in [0.05, 0.1) is 4.92 Å². The molecule has 4 aromatic rings. The number of nitrogens with zero attached hydrogens (tertiary/aromatic N) is 1. The fraction of sp³-hybridized carbons (Fsp3) is 0. The van der Waals surface area contributed by atoms with Crippen LogP contribution < -0.4 is 10.6 Å². The van der Waals surface area contributed by atoms with Crippen molar-refractivity contribution in [3.63, 3.8) is 0 Å². The molecule has 40 heavy (non-hydrogen) atoms. The highest BCUT2D eigenvalue weighted by atomic mass is 19.1. The summed E-state index contributed by atoms with van der Waals surface area (Å²) in [5, 5.41) is 16.2. The first-order valence-electron chi connectivity index (χ1n) is 12.0. The Morgan fingerprint density at radius 1 is 0.750 bits per heavy atom. The third-order valence-electron chi connectivity index (χ3n) is 5.67. The summed E-state index contributed by atoms with van der Waals surface area (Å²) in [6.07, 6.45) is 4.34. The maximum atomic E-state index is 13.2. The van der Waals surface area contributed by atoms with Crippen LogP contribution in [0.3, 0.4) is 0 Å². The number of allylic oxidation sites excluding steroid dienone is 1. The number of nitro benzene ring substituents is 1. The molecule has 0 saturated heterocycles. The van der Waals surface area contributed by atoms with E-state index in [4.69, 9.17) is 0 Å². The van der Waals surface area contributed by atoms with E-state index < -0.39 is 16.7 Å². The zero-order valence-electron chi connectivity index (χ0n) is 20.9. The number of benzene rings is 4. The van der Waals surface area contributed by atoms with Gasteiger partial charge in [-0.15, -0.1) is 0 Å². The Kier molecular flexibility index (Phi) is 8.68. The topological polar surface area (TPSA) is 118 Å². The molecule has 0 saturated carbocycles. The molecule has 0 spiro atoms. The molecule has 0 atom stereocenters. The van der Waals surface area contributed by atoms with E-state index in [1.54, 1.807) is 60.7 Å². The summed E-state index contributed by atoms with van der Waals surface area (Å²) < 4.78 is 13.1. The summed E-state index contributed by atoms with van der Waals surface area (Å²) in [7, 11) is 0. The van der Waals surface area contributed by atoms with Crippen molar-refractivity contribution in [2.45, 2.75) is 0 Å². The minimum absolute atomic E-state index is 0.0925. The van der Waals surface area contributed by atoms with E-state index >= 15 is 0 Å². The molecule has 8 nitrogen and oxygen atoms in total. The molecule has 0 aliphatic carbocycles. The van der Waals surface area contributed by atoms with E-state index in [1.807, 2.05) is 0 Å². The first-order valence-corrected chi connectivity index (χ1v) is 12.0. The number of nitro groups is 1. The number of hydrogen-bond donors (Lipinski definition) is 2. The highest BCUT2D eigenvalue weighted by Gasteiger charge is 2.16. The summed E-state index contributed by atoms with van der Waals surface area (Å²) in [6, 6.07) is 25.7. The predicted octanol–water partition coefficient (Wildman–Crippen LogP) is 6.04. The molecule has 4 aromatic carbocycles. The second-order valence-corrected chi connectivity index (χ2v) is 8.51. The maximum Gasteiger partial charge on any atom is 0.272 e. The van der Waals surface area contributed by atoms with Crippen LogP contribution in [0.5, 0.6) is 0 Å². The molecule has 0 fully saturated rings. The minimum atomic E-state index is -0.641. The Bertz CT molecular complexity index is 1600. The molecule has 0 aliphatic heterocycles. The lowest BCUT2D eigenvalue weighted by Crippen LogP contribution is -2.30. The molecule has 0 radical (unpaired) electrons. The molecule has 0 bridgehead atoms. The summed E-state index contributed by atoms with van der Waals surface area (Å²) >= 11 is 0. The van der Waals surface area contributed by atoms with Crippen molar-refractivity contribution < 1.29 is 23.7 Å². The fourth-order valence-corrected chi connectivity index (χ4v) is 3.56. The van der Waals surface area contributed by atoms with Crippen LogP contribution in [-0.2, 0) is 4.79 Å². The number of anilines is 1. The number of nitrogens with one attached hydrogen (secondary N) is 2. The summed E-state index contributed by atoms with van der Waals surface area (Å²) in [4.78, 5) is 48.8. The van der Waals surface area contributed by atoms with Crippen molar-refractivity contribution in [1.82, 2.24) is 5.32 Å². The highest BCUT2D eigenvalue weighted by molar-refractivity contribution is 6.11. The average Bonchev–Trinajstić information content (AvgIpc) is 2.97. The average molecular weight is 536 g/mol. The van der Waals surface area contributed by atoms with Crippen molar-refractivity contribution in [3.05, 3.63) is 153 Å². The summed E-state index contributed by atoms with van der Waals surface area (Å²) in [6.45, 7) is 0. The van der Waals surface area contributed by atoms with Crippen molar-refractivity contribution >= 4 is 41.1 Å². The Labute approximate surface area is 228 Å². The molecule has 198 valence electrons. The van der Waals surface area contributed by atoms with Crippen LogP contribution in [0.1, 0.15) is 31.8 Å². The number of rotatable bonds is 9. The number of ketones is 1. The first kappa shape index (κ1) is 27.3. The van der Waals surface area contributed by atoms with Gasteiger partial charge in [0.2, 0.25) is 0 Å². The number of non-ortho nitro benzene ring substituents is 1. The maximum absolute atomic E-state index is 13.2. The van der Waals surface area contributed by atoms with Gasteiger partial charge in [-0.05, 0) is 83.9 Å². The van der Waals surface area contributed by atoms with Crippen molar-refractivity contribution in [3.8, 4) is 0 Å². The fourth-order valence-electron chi connectivity index (χ4n) is 3.56. The van der Waals surface area contributed by atoms with E-state index in [0.29, 0.717) is 27.9 Å². The van der Waals surface area contributed by atoms with Crippen LogP contribution in [0.25, 0.3) is 12.2 Å². The molecule has 2 N–H and O–H groups in total. The number of halogens is 1. The Morgan fingerprint density at radius 3 is 2.00 bits per heavy atom. The lowest BCUT2D eigenvalue weighted by Gasteiger charge is -2.12. The van der Waals surface area contributed by atoms with Crippen LogP contribution in [0.4, 0.5) is 15.8 Å². The smallest absolute Gasteiger partial charge is 0.272 e. The largest absolute Gasteiger partial charge is 0.321 e. The van der Waals surface area contributed by atoms with E-state index in [9.17, 15) is 28.9 Å². The van der Waals surface area contributed by atoms with Crippen LogP contribution >= 0.6 is 0 Å². The number of carbonyl (C=O) groups is 3. The molecular weight excluding hydrogens is 513 g/mol. The van der Waals surface area contributed by atoms with Crippen LogP contribution in [0.2, 0.25) is 0 Å². The van der Waals surface area contributed by atoms with Gasteiger partial charge in [0.25, 0.3) is 17.5 Å². The van der Waals surface area contributed by atoms with E-state index in [-0.39, 0.29) is 23.0 Å². The van der Waals surface area contributed by atoms with Gasteiger partial charge in [0.15, 0.2) is 5.78 Å². The molecule has 0 unspecified atom stereocenters. The second-order valence-electron chi connectivity index (χ2n) is 8.51. The molecule has 0 heterocycles. The zero-order valence-corrected chi connectivity index (χ0v) is 20.9. The monoisotopic (exact) mass is 535 g/mol. The highest BCUT2D eigenvalue weighted by Crippen LogP contribution is 2.17. The molecule has 2 amide bonds. The lowest BCUT2D eigenvalue weighted by molar-refractivity contribution is -0.384. The molecule has 9 heteroatoms. The molecule has 0 aromatic heterocycles. The van der Waals surface area contributed by atoms with Crippen LogP contribution in [-0.4, -0.2) is 22.5 Å². The Balaban J connectivity index is 1.50. The van der Waals surface area contributed by atoms with Crippen molar-refractivity contribution in [1.29, 1.82) is 0 Å². The van der Waals surface area contributed by atoms with Gasteiger partial charge >= 0.3 is 0 Å². The molecule has 0 aliphatic rings. The first-order chi connectivity index (χ1) is 19.3. The van der Waals surface area contributed by atoms with Crippen LogP contribution in [0, 0.1) is 15.9 Å². The van der Waals surface area contributed by atoms with Gasteiger partial charge in [0.1, 0.15) is 11.5 Å². The minimum Gasteiger partial charge on any atom is -0.321 e. The Morgan fingerprint density at radius 2 is 1.38 bits per heavy atom. The van der Waals surface area contributed by atoms with E-state index in [1.165, 1.54) is 60.7 Å². The number of hydrogen-bond acceptors (Lipinski definition) is 5. The summed E-state index contributed by atoms with van der Waals surface area (Å²) in [5.41, 5.74) is 2.00. The third kappa shape index (κ3) is 7.42. The standard InChI is InChI=1S/C31H22FN3O5/c32-25-13-6-21(7-14-25)10-19-29(36)23-11-15-26(16-12-23)33-31(38)28(34-30(37)24-4-2-1-3-5-24)20-22-8-17-27(18-9-22)35(39)40/h1-20H,(H,33,38)(H,34,37)/b19-10+,28-20-. The third-order valence-corrected chi connectivity index (χ3v) is 5.67. The van der Waals surface area contributed by atoms with Gasteiger partial charge in [-0.1, -0.05) is 36.4 Å². The Hall–Kier alpha value is -5.70. The molecular formula is C31H22FN3O5. The van der Waals surface area contributed by atoms with Gasteiger partial charge in [-0.2, -0.15) is 0 Å². The van der Waals surface area contributed by atoms with Crippen LogP contribution in [0.15, 0.2) is 115 Å². The quantitative estimate of drug-likeness (QED) is 0.117. The van der Waals surface area contributed by atoms with Gasteiger partial charge in [0, 0.05) is 28.9 Å². The lowest BCUT2D eigenvalue weighted by atomic mass is 10.1. The van der Waals surface area contributed by atoms with Gasteiger partial charge in [-0.3, -0.25) is 24.5 Å². The van der Waals surface area contributed by atoms with E-state index in [2.05, 4.69) is 10.6 Å². The molecule has 4 rings (SSSR count). The number of carbonyl (C=O) groups excluding carboxylic acids is 3.